The molecule has 2 aromatic carbocycles. The number of aromatic nitrogens is 2. The monoisotopic (exact) mass is 402 g/mol. The summed E-state index contributed by atoms with van der Waals surface area (Å²) < 4.78 is 7.68. The van der Waals surface area contributed by atoms with Gasteiger partial charge in [-0.15, -0.1) is 0 Å². The van der Waals surface area contributed by atoms with E-state index < -0.39 is 10.8 Å². The van der Waals surface area contributed by atoms with Crippen LogP contribution in [0.1, 0.15) is 16.1 Å². The number of nitrogens with one attached hydrogen (secondary N) is 1. The van der Waals surface area contributed by atoms with Gasteiger partial charge in [0.05, 0.1) is 16.2 Å². The third-order valence-corrected chi connectivity index (χ3v) is 4.47. The van der Waals surface area contributed by atoms with Crippen LogP contribution in [0, 0.1) is 10.1 Å². The van der Waals surface area contributed by atoms with Crippen LogP contribution in [0.3, 0.4) is 0 Å². The van der Waals surface area contributed by atoms with E-state index in [4.69, 9.17) is 4.74 Å². The Kier molecular flexibility index (Phi) is 5.38. The average Bonchev–Trinajstić information content (AvgIpc) is 3.17. The lowest BCUT2D eigenvalue weighted by molar-refractivity contribution is -0.384. The molecule has 0 atom stereocenters. The zero-order valence-electron chi connectivity index (χ0n) is 15.9. The van der Waals surface area contributed by atoms with Gasteiger partial charge in [0.25, 0.3) is 11.6 Å². The zero-order valence-corrected chi connectivity index (χ0v) is 15.9. The van der Waals surface area contributed by atoms with Crippen LogP contribution in [0.5, 0.6) is 11.5 Å². The standard InChI is InChI=1S/C22H18N4O4/c27-22(23-12-11-16-15-25-13-5-4-8-21(25)24-16)19-14-17(26(28)29)9-10-20(19)30-18-6-2-1-3-7-18/h1-10,13-15H,11-12H2,(H,23,27). The van der Waals surface area contributed by atoms with E-state index in [-0.39, 0.29) is 17.0 Å². The van der Waals surface area contributed by atoms with E-state index in [0.29, 0.717) is 18.7 Å². The van der Waals surface area contributed by atoms with Gasteiger partial charge >= 0.3 is 0 Å². The molecular weight excluding hydrogens is 384 g/mol. The van der Waals surface area contributed by atoms with Gasteiger partial charge < -0.3 is 14.5 Å². The first-order chi connectivity index (χ1) is 14.6. The van der Waals surface area contributed by atoms with Gasteiger partial charge in [0.15, 0.2) is 0 Å². The molecule has 30 heavy (non-hydrogen) atoms. The lowest BCUT2D eigenvalue weighted by atomic mass is 10.1. The summed E-state index contributed by atoms with van der Waals surface area (Å²) in [5, 5.41) is 13.9. The van der Waals surface area contributed by atoms with Gasteiger partial charge in [-0.2, -0.15) is 0 Å². The molecule has 0 saturated carbocycles. The fourth-order valence-electron chi connectivity index (χ4n) is 3.02. The van der Waals surface area contributed by atoms with Crippen molar-refractivity contribution in [2.75, 3.05) is 6.54 Å². The third-order valence-electron chi connectivity index (χ3n) is 4.47. The number of benzene rings is 2. The van der Waals surface area contributed by atoms with Crippen LogP contribution in [0.4, 0.5) is 5.69 Å². The molecule has 8 heteroatoms. The lowest BCUT2D eigenvalue weighted by Gasteiger charge is -2.11. The summed E-state index contributed by atoms with van der Waals surface area (Å²) >= 11 is 0. The van der Waals surface area contributed by atoms with Crippen molar-refractivity contribution in [2.24, 2.45) is 0 Å². The number of hydrogen-bond acceptors (Lipinski definition) is 5. The number of ether oxygens (including phenoxy) is 1. The third kappa shape index (κ3) is 4.27. The number of para-hydroxylation sites is 1. The summed E-state index contributed by atoms with van der Waals surface area (Å²) in [7, 11) is 0. The number of pyridine rings is 1. The second-order valence-electron chi connectivity index (χ2n) is 6.56. The number of non-ortho nitro benzene ring substituents is 1. The van der Waals surface area contributed by atoms with Crippen molar-refractivity contribution in [2.45, 2.75) is 6.42 Å². The van der Waals surface area contributed by atoms with Gasteiger partial charge in [-0.3, -0.25) is 14.9 Å². The van der Waals surface area contributed by atoms with Crippen molar-refractivity contribution in [3.63, 3.8) is 0 Å². The first kappa shape index (κ1) is 19.1. The topological polar surface area (TPSA) is 98.8 Å². The minimum absolute atomic E-state index is 0.100. The molecule has 8 nitrogen and oxygen atoms in total. The van der Waals surface area contributed by atoms with Crippen molar-refractivity contribution in [1.82, 2.24) is 14.7 Å². The number of hydrogen-bond donors (Lipinski definition) is 1. The van der Waals surface area contributed by atoms with Gasteiger partial charge in [-0.05, 0) is 30.3 Å². The normalized spacial score (nSPS) is 10.7. The maximum absolute atomic E-state index is 12.8. The fraction of sp³-hybridized carbons (Fsp3) is 0.0909. The molecule has 2 heterocycles. The summed E-state index contributed by atoms with van der Waals surface area (Å²) in [5.74, 6) is 0.329. The molecule has 1 amide bonds. The second-order valence-corrected chi connectivity index (χ2v) is 6.56. The second kappa shape index (κ2) is 8.44. The Morgan fingerprint density at radius 3 is 2.67 bits per heavy atom. The first-order valence-electron chi connectivity index (χ1n) is 9.32. The van der Waals surface area contributed by atoms with Crippen LogP contribution in [-0.2, 0) is 6.42 Å². The molecule has 150 valence electrons. The number of carbonyl (C=O) groups excluding carboxylic acids is 1. The summed E-state index contributed by atoms with van der Waals surface area (Å²) in [6, 6.07) is 18.6. The maximum atomic E-state index is 12.8. The molecule has 2 aromatic heterocycles. The molecule has 0 aliphatic rings. The molecule has 0 aliphatic carbocycles. The van der Waals surface area contributed by atoms with Crippen LogP contribution >= 0.6 is 0 Å². The Bertz CT molecular complexity index is 1170. The van der Waals surface area contributed by atoms with Gasteiger partial charge in [0.2, 0.25) is 0 Å². The molecule has 0 fully saturated rings. The Morgan fingerprint density at radius 2 is 1.90 bits per heavy atom. The highest BCUT2D eigenvalue weighted by molar-refractivity contribution is 5.97. The SMILES string of the molecule is O=C(NCCc1cn2ccccc2n1)c1cc([N+](=O)[O-])ccc1Oc1ccccc1. The molecule has 0 aliphatic heterocycles. The summed E-state index contributed by atoms with van der Waals surface area (Å²) in [6.07, 6.45) is 4.33. The number of fused-ring (bicyclic) bond motifs is 1. The quantitative estimate of drug-likeness (QED) is 0.372. The minimum Gasteiger partial charge on any atom is -0.457 e. The maximum Gasteiger partial charge on any atom is 0.270 e. The van der Waals surface area contributed by atoms with E-state index in [2.05, 4.69) is 10.3 Å². The van der Waals surface area contributed by atoms with Gasteiger partial charge in [-0.25, -0.2) is 4.98 Å². The molecule has 1 N–H and O–H groups in total. The van der Waals surface area contributed by atoms with Crippen molar-refractivity contribution in [3.8, 4) is 11.5 Å². The Hall–Kier alpha value is -4.20. The molecule has 4 rings (SSSR count). The number of amides is 1. The van der Waals surface area contributed by atoms with E-state index in [1.54, 1.807) is 24.3 Å². The molecule has 0 bridgehead atoms. The molecule has 0 saturated heterocycles. The number of carbonyl (C=O) groups is 1. The Labute approximate surface area is 171 Å². The number of nitro benzene ring substituents is 1. The molecular formula is C22H18N4O4. The van der Waals surface area contributed by atoms with Crippen molar-refractivity contribution in [3.05, 3.63) is 100 Å². The highest BCUT2D eigenvalue weighted by Crippen LogP contribution is 2.28. The Morgan fingerprint density at radius 1 is 1.10 bits per heavy atom. The Balaban J connectivity index is 1.49. The predicted molar refractivity (Wildman–Crippen MR) is 111 cm³/mol. The first-order valence-corrected chi connectivity index (χ1v) is 9.32. The van der Waals surface area contributed by atoms with E-state index in [9.17, 15) is 14.9 Å². The van der Waals surface area contributed by atoms with E-state index in [1.165, 1.54) is 18.2 Å². The molecule has 0 spiro atoms. The molecule has 0 unspecified atom stereocenters. The van der Waals surface area contributed by atoms with Crippen molar-refractivity contribution < 1.29 is 14.5 Å². The van der Waals surface area contributed by atoms with Crippen LogP contribution in [0.15, 0.2) is 79.1 Å². The van der Waals surface area contributed by atoms with Gasteiger partial charge in [0, 0.05) is 37.5 Å². The highest BCUT2D eigenvalue weighted by Gasteiger charge is 2.18. The number of imidazole rings is 1. The van der Waals surface area contributed by atoms with Gasteiger partial charge in [-0.1, -0.05) is 24.3 Å². The summed E-state index contributed by atoms with van der Waals surface area (Å²) in [5.41, 5.74) is 1.58. The summed E-state index contributed by atoms with van der Waals surface area (Å²) in [4.78, 5) is 27.9. The van der Waals surface area contributed by atoms with E-state index >= 15 is 0 Å². The fourth-order valence-corrected chi connectivity index (χ4v) is 3.02. The smallest absolute Gasteiger partial charge is 0.270 e. The van der Waals surface area contributed by atoms with Crippen LogP contribution < -0.4 is 10.1 Å². The average molecular weight is 402 g/mol. The number of nitro groups is 1. The highest BCUT2D eigenvalue weighted by atomic mass is 16.6. The number of nitrogens with zero attached hydrogens (tertiary/aromatic N) is 3. The summed E-state index contributed by atoms with van der Waals surface area (Å²) in [6.45, 7) is 0.330. The zero-order chi connectivity index (χ0) is 20.9. The molecule has 0 radical (unpaired) electrons. The van der Waals surface area contributed by atoms with Crippen LogP contribution in [0.25, 0.3) is 5.65 Å². The minimum atomic E-state index is -0.542. The lowest BCUT2D eigenvalue weighted by Crippen LogP contribution is -2.26. The van der Waals surface area contributed by atoms with Crippen molar-refractivity contribution in [1.29, 1.82) is 0 Å². The number of rotatable bonds is 7. The largest absolute Gasteiger partial charge is 0.457 e. The van der Waals surface area contributed by atoms with E-state index in [0.717, 1.165) is 11.3 Å². The van der Waals surface area contributed by atoms with Gasteiger partial charge in [0.1, 0.15) is 17.1 Å². The molecule has 4 aromatic rings. The predicted octanol–water partition coefficient (Wildman–Crippen LogP) is 4.01. The van der Waals surface area contributed by atoms with Crippen molar-refractivity contribution >= 4 is 17.2 Å². The van der Waals surface area contributed by atoms with Crippen LogP contribution in [0.2, 0.25) is 0 Å². The van der Waals surface area contributed by atoms with E-state index in [1.807, 2.05) is 41.1 Å². The van der Waals surface area contributed by atoms with Crippen LogP contribution in [-0.4, -0.2) is 26.8 Å².